The number of aliphatic hydroxyl groups excluding tert-OH is 1. The highest BCUT2D eigenvalue weighted by Crippen LogP contribution is 2.31. The van der Waals surface area contributed by atoms with Crippen LogP contribution in [0.3, 0.4) is 0 Å². The van der Waals surface area contributed by atoms with Crippen LogP contribution in [0.2, 0.25) is 0 Å². The fraction of sp³-hybridized carbons (Fsp3) is 0.577. The number of anilines is 1. The minimum atomic E-state index is -4.48. The van der Waals surface area contributed by atoms with Gasteiger partial charge in [-0.25, -0.2) is 8.42 Å². The van der Waals surface area contributed by atoms with Gasteiger partial charge < -0.3 is 24.6 Å². The second-order valence-corrected chi connectivity index (χ2v) is 12.3. The number of halogens is 3. The lowest BCUT2D eigenvalue weighted by atomic mass is 10.0. The number of rotatable bonds is 9. The van der Waals surface area contributed by atoms with E-state index in [1.807, 2.05) is 0 Å². The highest BCUT2D eigenvalue weighted by atomic mass is 32.2. The molecule has 15 heteroatoms. The number of ether oxygens (including phenoxy) is 1. The van der Waals surface area contributed by atoms with Crippen molar-refractivity contribution < 1.29 is 45.5 Å². The summed E-state index contributed by atoms with van der Waals surface area (Å²) in [6, 6.07) is 3.81. The topological polar surface area (TPSA) is 142 Å². The van der Waals surface area contributed by atoms with E-state index >= 15 is 0 Å². The molecule has 0 bridgehead atoms. The zero-order valence-electron chi connectivity index (χ0n) is 23.5. The average Bonchev–Trinajstić information content (AvgIpc) is 3.25. The van der Waals surface area contributed by atoms with Crippen molar-refractivity contribution in [2.75, 3.05) is 32.1 Å². The maximum Gasteiger partial charge on any atom is 0.389 e. The molecular formula is C26H35F3N4O7S. The van der Waals surface area contributed by atoms with Crippen molar-refractivity contribution in [2.24, 2.45) is 5.92 Å². The zero-order chi connectivity index (χ0) is 30.7. The highest BCUT2D eigenvalue weighted by Gasteiger charge is 2.35. The number of carbonyl (C=O) groups excluding carboxylic acids is 2. The lowest BCUT2D eigenvalue weighted by molar-refractivity contribution is -0.142. The van der Waals surface area contributed by atoms with Crippen LogP contribution in [0.1, 0.15) is 43.7 Å². The number of aryl methyl sites for hydroxylation is 2. The Morgan fingerprint density at radius 2 is 2.00 bits per heavy atom. The standard InChI is InChI=1S/C26H35F3N4O7S/c1-15-12-33(16(2)14-34)24(36)11-19-10-20(30-23(35)8-9-26(27,28)29)6-7-21(19)39-22(15)13-32(5)41(37,38)25-17(3)31-40-18(25)4/h6-7,10,15-16,22,34H,8-9,11-14H2,1-5H3,(H,30,35)/t15-,16-,22+/m0/s1. The number of hydrogen-bond acceptors (Lipinski definition) is 8. The molecule has 11 nitrogen and oxygen atoms in total. The number of hydrogen-bond donors (Lipinski definition) is 2. The van der Waals surface area contributed by atoms with Crippen molar-refractivity contribution in [3.8, 4) is 5.75 Å². The first kappa shape index (κ1) is 32.3. The van der Waals surface area contributed by atoms with Gasteiger partial charge in [-0.3, -0.25) is 9.59 Å². The lowest BCUT2D eigenvalue weighted by Gasteiger charge is -2.33. The number of aliphatic hydroxyl groups is 1. The number of carbonyl (C=O) groups is 2. The van der Waals surface area contributed by atoms with E-state index in [1.54, 1.807) is 13.8 Å². The molecule has 0 fully saturated rings. The van der Waals surface area contributed by atoms with E-state index < -0.39 is 53.0 Å². The van der Waals surface area contributed by atoms with E-state index in [0.717, 1.165) is 4.31 Å². The Hall–Kier alpha value is -3.17. The van der Waals surface area contributed by atoms with Gasteiger partial charge >= 0.3 is 6.18 Å². The van der Waals surface area contributed by atoms with E-state index in [0.29, 0.717) is 5.56 Å². The fourth-order valence-electron chi connectivity index (χ4n) is 4.55. The summed E-state index contributed by atoms with van der Waals surface area (Å²) in [4.78, 5) is 26.8. The van der Waals surface area contributed by atoms with Crippen LogP contribution in [0.5, 0.6) is 5.75 Å². The molecule has 0 spiro atoms. The van der Waals surface area contributed by atoms with Crippen LogP contribution in [0.4, 0.5) is 18.9 Å². The molecule has 228 valence electrons. The molecule has 0 saturated heterocycles. The molecule has 2 aromatic rings. The van der Waals surface area contributed by atoms with Gasteiger partial charge in [-0.2, -0.15) is 17.5 Å². The Morgan fingerprint density at radius 3 is 2.59 bits per heavy atom. The summed E-state index contributed by atoms with van der Waals surface area (Å²) in [7, 11) is -2.63. The van der Waals surface area contributed by atoms with E-state index in [-0.39, 0.29) is 59.8 Å². The first-order valence-corrected chi connectivity index (χ1v) is 14.4. The van der Waals surface area contributed by atoms with Crippen molar-refractivity contribution in [3.05, 3.63) is 35.2 Å². The van der Waals surface area contributed by atoms with Crippen molar-refractivity contribution in [3.63, 3.8) is 0 Å². The molecule has 0 unspecified atom stereocenters. The Morgan fingerprint density at radius 1 is 1.32 bits per heavy atom. The van der Waals surface area contributed by atoms with E-state index in [4.69, 9.17) is 9.26 Å². The Bertz CT molecular complexity index is 1340. The number of nitrogens with one attached hydrogen (secondary N) is 1. The van der Waals surface area contributed by atoms with Crippen molar-refractivity contribution in [1.82, 2.24) is 14.4 Å². The van der Waals surface area contributed by atoms with Gasteiger partial charge in [0.25, 0.3) is 0 Å². The SMILES string of the molecule is Cc1noc(C)c1S(=O)(=O)N(C)C[C@H]1Oc2ccc(NC(=O)CCC(F)(F)F)cc2CC(=O)N([C@@H](C)CO)C[C@@H]1C. The van der Waals surface area contributed by atoms with Crippen LogP contribution in [-0.2, 0) is 26.0 Å². The van der Waals surface area contributed by atoms with Gasteiger partial charge in [0.15, 0.2) is 5.76 Å². The molecule has 41 heavy (non-hydrogen) atoms. The molecule has 1 aliphatic rings. The second kappa shape index (κ2) is 12.8. The second-order valence-electron chi connectivity index (χ2n) is 10.3. The normalized spacial score (nSPS) is 19.2. The molecule has 1 aromatic heterocycles. The van der Waals surface area contributed by atoms with Gasteiger partial charge in [0.2, 0.25) is 21.8 Å². The van der Waals surface area contributed by atoms with Crippen LogP contribution in [-0.4, -0.2) is 84.8 Å². The summed E-state index contributed by atoms with van der Waals surface area (Å²) in [5.74, 6) is -1.19. The highest BCUT2D eigenvalue weighted by molar-refractivity contribution is 7.89. The molecule has 3 rings (SSSR count). The van der Waals surface area contributed by atoms with Crippen LogP contribution >= 0.6 is 0 Å². The molecule has 0 saturated carbocycles. The Balaban J connectivity index is 1.94. The van der Waals surface area contributed by atoms with E-state index in [2.05, 4.69) is 10.5 Å². The summed E-state index contributed by atoms with van der Waals surface area (Å²) >= 11 is 0. The summed E-state index contributed by atoms with van der Waals surface area (Å²) in [5.41, 5.74) is 0.728. The minimum absolute atomic E-state index is 0.0484. The molecular weight excluding hydrogens is 569 g/mol. The predicted molar refractivity (Wildman–Crippen MR) is 142 cm³/mol. The number of amides is 2. The van der Waals surface area contributed by atoms with Crippen molar-refractivity contribution in [1.29, 1.82) is 0 Å². The largest absolute Gasteiger partial charge is 0.488 e. The third-order valence-electron chi connectivity index (χ3n) is 6.91. The zero-order valence-corrected chi connectivity index (χ0v) is 24.3. The van der Waals surface area contributed by atoms with Crippen molar-refractivity contribution >= 4 is 27.5 Å². The number of fused-ring (bicyclic) bond motifs is 1. The third-order valence-corrected chi connectivity index (χ3v) is 8.98. The summed E-state index contributed by atoms with van der Waals surface area (Å²) in [5, 5.41) is 15.9. The first-order chi connectivity index (χ1) is 19.0. The number of aromatic nitrogens is 1. The number of likely N-dealkylation sites (N-methyl/N-ethyl adjacent to an activating group) is 1. The van der Waals surface area contributed by atoms with Crippen LogP contribution in [0, 0.1) is 19.8 Å². The van der Waals surface area contributed by atoms with Gasteiger partial charge in [0.1, 0.15) is 22.4 Å². The molecule has 1 aromatic carbocycles. The molecule has 2 heterocycles. The molecule has 0 aliphatic carbocycles. The van der Waals surface area contributed by atoms with Crippen LogP contribution in [0.15, 0.2) is 27.6 Å². The minimum Gasteiger partial charge on any atom is -0.488 e. The van der Waals surface area contributed by atoms with Crippen molar-refractivity contribution in [2.45, 2.75) is 70.2 Å². The monoisotopic (exact) mass is 604 g/mol. The number of sulfonamides is 1. The molecule has 2 N–H and O–H groups in total. The van der Waals surface area contributed by atoms with E-state index in [1.165, 1.54) is 44.0 Å². The first-order valence-electron chi connectivity index (χ1n) is 13.0. The quantitative estimate of drug-likeness (QED) is 0.445. The van der Waals surface area contributed by atoms with E-state index in [9.17, 15) is 36.3 Å². The summed E-state index contributed by atoms with van der Waals surface area (Å²) < 4.78 is 76.8. The smallest absolute Gasteiger partial charge is 0.389 e. The Labute approximate surface area is 236 Å². The maximum absolute atomic E-state index is 13.4. The van der Waals surface area contributed by atoms with Gasteiger partial charge in [-0.15, -0.1) is 0 Å². The maximum atomic E-state index is 13.4. The molecule has 2 amide bonds. The average molecular weight is 605 g/mol. The summed E-state index contributed by atoms with van der Waals surface area (Å²) in [6.45, 7) is 6.21. The number of nitrogens with zero attached hydrogens (tertiary/aromatic N) is 3. The predicted octanol–water partition coefficient (Wildman–Crippen LogP) is 3.04. The fourth-order valence-corrected chi connectivity index (χ4v) is 6.02. The van der Waals surface area contributed by atoms with Gasteiger partial charge in [0, 0.05) is 37.2 Å². The molecule has 3 atom stereocenters. The molecule has 1 aliphatic heterocycles. The summed E-state index contributed by atoms with van der Waals surface area (Å²) in [6.07, 6.45) is -7.46. The van der Waals surface area contributed by atoms with Crippen LogP contribution < -0.4 is 10.1 Å². The van der Waals surface area contributed by atoms with Gasteiger partial charge in [-0.05, 0) is 39.0 Å². The number of alkyl halides is 3. The Kier molecular flexibility index (Phi) is 10.1. The molecule has 0 radical (unpaired) electrons. The van der Waals surface area contributed by atoms with Gasteiger partial charge in [0.05, 0.1) is 32.0 Å². The number of benzene rings is 1. The van der Waals surface area contributed by atoms with Crippen LogP contribution in [0.25, 0.3) is 0 Å². The third kappa shape index (κ3) is 7.98. The van der Waals surface area contributed by atoms with Gasteiger partial charge in [-0.1, -0.05) is 12.1 Å². The lowest BCUT2D eigenvalue weighted by Crippen LogP contribution is -2.48.